The Bertz CT molecular complexity index is 950. The van der Waals surface area contributed by atoms with E-state index in [1.54, 1.807) is 12.1 Å². The number of aliphatic carboxylic acids is 1. The lowest BCUT2D eigenvalue weighted by Crippen LogP contribution is -2.30. The van der Waals surface area contributed by atoms with Gasteiger partial charge in [0.2, 0.25) is 11.5 Å². The first-order valence-electron chi connectivity index (χ1n) is 7.59. The molecule has 0 aliphatic heterocycles. The van der Waals surface area contributed by atoms with Gasteiger partial charge in [0.25, 0.3) is 5.91 Å². The maximum absolute atomic E-state index is 12.1. The molecule has 8 nitrogen and oxygen atoms in total. The Balaban J connectivity index is 2.11. The summed E-state index contributed by atoms with van der Waals surface area (Å²) in [5, 5.41) is 21.2. The Morgan fingerprint density at radius 3 is 2.56 bits per heavy atom. The summed E-state index contributed by atoms with van der Waals surface area (Å²) >= 11 is 0. The first-order valence-corrected chi connectivity index (χ1v) is 7.59. The first-order chi connectivity index (χ1) is 12.0. The van der Waals surface area contributed by atoms with Crippen molar-refractivity contribution in [3.05, 3.63) is 41.7 Å². The fraction of sp³-hybridized carbons (Fsp3) is 0.176. The fourth-order valence-corrected chi connectivity index (χ4v) is 2.37. The molecule has 0 atom stereocenters. The van der Waals surface area contributed by atoms with Gasteiger partial charge in [-0.05, 0) is 18.6 Å². The standard InChI is InChI=1S/C17H15N3O5/c1-2-10-12-15(25-17(20-12)9-6-4-3-5-7-9)14(23)13(19-10)16(24)18-8-11(21)22/h3-7,23H,2,8H2,1H3,(H,18,24)(H,21,22). The topological polar surface area (TPSA) is 126 Å². The second-order valence-corrected chi connectivity index (χ2v) is 5.25. The highest BCUT2D eigenvalue weighted by Crippen LogP contribution is 2.33. The molecule has 2 aromatic heterocycles. The zero-order chi connectivity index (χ0) is 18.0. The van der Waals surface area contributed by atoms with Crippen LogP contribution in [0, 0.1) is 0 Å². The quantitative estimate of drug-likeness (QED) is 0.647. The summed E-state index contributed by atoms with van der Waals surface area (Å²) in [6, 6.07) is 9.12. The highest BCUT2D eigenvalue weighted by Gasteiger charge is 2.23. The van der Waals surface area contributed by atoms with Crippen LogP contribution in [0.1, 0.15) is 23.1 Å². The van der Waals surface area contributed by atoms with Gasteiger partial charge in [-0.3, -0.25) is 9.59 Å². The molecule has 8 heteroatoms. The van der Waals surface area contributed by atoms with E-state index in [9.17, 15) is 14.7 Å². The van der Waals surface area contributed by atoms with Crippen molar-refractivity contribution in [2.75, 3.05) is 6.54 Å². The van der Waals surface area contributed by atoms with Crippen LogP contribution in [0.4, 0.5) is 0 Å². The van der Waals surface area contributed by atoms with Crippen molar-refractivity contribution in [2.45, 2.75) is 13.3 Å². The largest absolute Gasteiger partial charge is 0.503 e. The van der Waals surface area contributed by atoms with E-state index in [2.05, 4.69) is 15.3 Å². The maximum atomic E-state index is 12.1. The molecule has 3 rings (SSSR count). The van der Waals surface area contributed by atoms with Gasteiger partial charge in [0.1, 0.15) is 12.1 Å². The second kappa shape index (κ2) is 6.60. The van der Waals surface area contributed by atoms with Gasteiger partial charge in [0.15, 0.2) is 11.4 Å². The number of carboxylic acid groups (broad SMARTS) is 1. The number of carbonyl (C=O) groups excluding carboxylic acids is 1. The SMILES string of the molecule is CCc1nc(C(=O)NCC(=O)O)c(O)c2oc(-c3ccccc3)nc12. The lowest BCUT2D eigenvalue weighted by molar-refractivity contribution is -0.135. The number of oxazole rings is 1. The minimum absolute atomic E-state index is 0.0474. The Morgan fingerprint density at radius 1 is 1.20 bits per heavy atom. The minimum Gasteiger partial charge on any atom is -0.503 e. The zero-order valence-corrected chi connectivity index (χ0v) is 13.3. The van der Waals surface area contributed by atoms with Crippen LogP contribution in [0.5, 0.6) is 5.75 Å². The third-order valence-corrected chi connectivity index (χ3v) is 3.56. The van der Waals surface area contributed by atoms with E-state index in [0.29, 0.717) is 23.5 Å². The second-order valence-electron chi connectivity index (χ2n) is 5.25. The Morgan fingerprint density at radius 2 is 1.92 bits per heavy atom. The lowest BCUT2D eigenvalue weighted by Gasteiger charge is -2.06. The van der Waals surface area contributed by atoms with Gasteiger partial charge in [-0.2, -0.15) is 0 Å². The summed E-state index contributed by atoms with van der Waals surface area (Å²) in [6.07, 6.45) is 0.455. The number of aryl methyl sites for hydroxylation is 1. The van der Waals surface area contributed by atoms with Crippen molar-refractivity contribution in [2.24, 2.45) is 0 Å². The van der Waals surface area contributed by atoms with Crippen LogP contribution in [0.15, 0.2) is 34.7 Å². The monoisotopic (exact) mass is 341 g/mol. The number of amides is 1. The number of rotatable bonds is 5. The van der Waals surface area contributed by atoms with Gasteiger partial charge >= 0.3 is 5.97 Å². The molecule has 0 unspecified atom stereocenters. The van der Waals surface area contributed by atoms with E-state index in [4.69, 9.17) is 9.52 Å². The molecule has 0 saturated carbocycles. The molecule has 0 aliphatic carbocycles. The highest BCUT2D eigenvalue weighted by molar-refractivity contribution is 6.01. The molecule has 0 spiro atoms. The zero-order valence-electron chi connectivity index (χ0n) is 13.3. The average molecular weight is 341 g/mol. The molecular weight excluding hydrogens is 326 g/mol. The van der Waals surface area contributed by atoms with E-state index in [-0.39, 0.29) is 11.3 Å². The molecule has 1 amide bonds. The van der Waals surface area contributed by atoms with E-state index in [0.717, 1.165) is 5.56 Å². The molecule has 25 heavy (non-hydrogen) atoms. The number of nitrogens with zero attached hydrogens (tertiary/aromatic N) is 2. The van der Waals surface area contributed by atoms with E-state index in [1.165, 1.54) is 0 Å². The van der Waals surface area contributed by atoms with Gasteiger partial charge in [-0.15, -0.1) is 0 Å². The summed E-state index contributed by atoms with van der Waals surface area (Å²) in [5.74, 6) is -2.17. The number of pyridine rings is 1. The van der Waals surface area contributed by atoms with Crippen LogP contribution in [-0.2, 0) is 11.2 Å². The molecule has 1 aromatic carbocycles. The number of carbonyl (C=O) groups is 2. The summed E-state index contributed by atoms with van der Waals surface area (Å²) in [6.45, 7) is 1.25. The van der Waals surface area contributed by atoms with Crippen molar-refractivity contribution < 1.29 is 24.2 Å². The first kappa shape index (κ1) is 16.4. The molecule has 0 radical (unpaired) electrons. The van der Waals surface area contributed by atoms with Crippen molar-refractivity contribution in [1.29, 1.82) is 0 Å². The van der Waals surface area contributed by atoms with Crippen LogP contribution in [-0.4, -0.2) is 38.6 Å². The summed E-state index contributed by atoms with van der Waals surface area (Å²) in [7, 11) is 0. The van der Waals surface area contributed by atoms with Gasteiger partial charge in [0, 0.05) is 5.56 Å². The number of aromatic hydroxyl groups is 1. The Labute approximate surface area is 142 Å². The Kier molecular flexibility index (Phi) is 4.34. The van der Waals surface area contributed by atoms with Crippen LogP contribution >= 0.6 is 0 Å². The summed E-state index contributed by atoms with van der Waals surface area (Å²) in [4.78, 5) is 31.2. The molecule has 0 aliphatic rings. The third-order valence-electron chi connectivity index (χ3n) is 3.56. The Hall–Kier alpha value is -3.42. The smallest absolute Gasteiger partial charge is 0.322 e. The maximum Gasteiger partial charge on any atom is 0.322 e. The molecule has 0 bridgehead atoms. The van der Waals surface area contributed by atoms with Crippen LogP contribution in [0.25, 0.3) is 22.6 Å². The number of benzene rings is 1. The minimum atomic E-state index is -1.20. The number of carboxylic acids is 1. The van der Waals surface area contributed by atoms with E-state index in [1.807, 2.05) is 25.1 Å². The number of nitrogens with one attached hydrogen (secondary N) is 1. The molecular formula is C17H15N3O5. The number of fused-ring (bicyclic) bond motifs is 1. The van der Waals surface area contributed by atoms with Crippen LogP contribution in [0.3, 0.4) is 0 Å². The molecule has 0 saturated heterocycles. The molecule has 2 heterocycles. The van der Waals surface area contributed by atoms with Crippen molar-refractivity contribution in [1.82, 2.24) is 15.3 Å². The molecule has 3 aromatic rings. The van der Waals surface area contributed by atoms with Gasteiger partial charge in [0.05, 0.1) is 5.69 Å². The highest BCUT2D eigenvalue weighted by atomic mass is 16.4. The predicted molar refractivity (Wildman–Crippen MR) is 88.3 cm³/mol. The van der Waals surface area contributed by atoms with Crippen LogP contribution in [0.2, 0.25) is 0 Å². The lowest BCUT2D eigenvalue weighted by atomic mass is 10.2. The number of hydrogen-bond acceptors (Lipinski definition) is 6. The molecule has 3 N–H and O–H groups in total. The van der Waals surface area contributed by atoms with Crippen molar-refractivity contribution >= 4 is 23.0 Å². The van der Waals surface area contributed by atoms with Crippen molar-refractivity contribution in [3.8, 4) is 17.2 Å². The van der Waals surface area contributed by atoms with E-state index >= 15 is 0 Å². The van der Waals surface area contributed by atoms with Crippen LogP contribution < -0.4 is 5.32 Å². The predicted octanol–water partition coefficient (Wildman–Crippen LogP) is 1.97. The third kappa shape index (κ3) is 3.14. The summed E-state index contributed by atoms with van der Waals surface area (Å²) in [5.41, 5.74) is 1.32. The average Bonchev–Trinajstić information content (AvgIpc) is 3.07. The summed E-state index contributed by atoms with van der Waals surface area (Å²) < 4.78 is 5.65. The molecule has 0 fully saturated rings. The van der Waals surface area contributed by atoms with Gasteiger partial charge in [-0.1, -0.05) is 25.1 Å². The number of aromatic nitrogens is 2. The normalized spacial score (nSPS) is 10.8. The molecule has 128 valence electrons. The van der Waals surface area contributed by atoms with Crippen molar-refractivity contribution in [3.63, 3.8) is 0 Å². The van der Waals surface area contributed by atoms with E-state index < -0.39 is 24.2 Å². The number of hydrogen-bond donors (Lipinski definition) is 3. The van der Waals surface area contributed by atoms with Gasteiger partial charge in [-0.25, -0.2) is 9.97 Å². The van der Waals surface area contributed by atoms with Gasteiger partial charge < -0.3 is 19.9 Å². The fourth-order valence-electron chi connectivity index (χ4n) is 2.37.